The van der Waals surface area contributed by atoms with Gasteiger partial charge >= 0.3 is 342 Å². The first-order valence-electron chi connectivity index (χ1n) is 21.0. The molecule has 0 nitrogen and oxygen atoms in total. The second-order valence-corrected chi connectivity index (χ2v) is 48.7. The third kappa shape index (κ3) is 7.92. The Hall–Kier alpha value is -3.52. The topological polar surface area (TPSA) is 0 Å². The first-order valence-corrected chi connectivity index (χ1v) is 34.6. The Bertz CT molecular complexity index is 2410. The maximum atomic E-state index is 2.85. The van der Waals surface area contributed by atoms with Crippen molar-refractivity contribution in [3.8, 4) is 44.5 Å². The van der Waals surface area contributed by atoms with Crippen LogP contribution in [0.2, 0.25) is 9.26 Å². The van der Waals surface area contributed by atoms with Gasteiger partial charge in [0, 0.05) is 0 Å². The quantitative estimate of drug-likeness (QED) is 0.120. The molecule has 2 atom stereocenters. The van der Waals surface area contributed by atoms with Crippen molar-refractivity contribution in [2.24, 2.45) is 0 Å². The smallest absolute Gasteiger partial charge is 0.147 e. The fourth-order valence-electron chi connectivity index (χ4n) is 10.4. The van der Waals surface area contributed by atoms with E-state index in [1.807, 2.05) is 0 Å². The van der Waals surface area contributed by atoms with Gasteiger partial charge < -0.3 is 0 Å². The zero-order valence-corrected chi connectivity index (χ0v) is 41.2. The molecule has 0 aromatic heterocycles. The van der Waals surface area contributed by atoms with Gasteiger partial charge in [0.1, 0.15) is 0 Å². The minimum atomic E-state index is -4.10. The fourth-order valence-corrected chi connectivity index (χ4v) is 30.0. The summed E-state index contributed by atoms with van der Waals surface area (Å²) in [6.07, 6.45) is 9.90. The van der Waals surface area contributed by atoms with E-state index in [0.29, 0.717) is 7.25 Å². The van der Waals surface area contributed by atoms with Crippen molar-refractivity contribution in [1.82, 2.24) is 0 Å². The van der Waals surface area contributed by atoms with Crippen LogP contribution >= 0.6 is 24.8 Å². The van der Waals surface area contributed by atoms with Gasteiger partial charge in [-0.2, -0.15) is 0 Å². The first-order chi connectivity index (χ1) is 26.9. The van der Waals surface area contributed by atoms with Crippen LogP contribution in [-0.4, -0.2) is 6.88 Å². The van der Waals surface area contributed by atoms with Gasteiger partial charge in [-0.15, -0.1) is 24.8 Å². The SMILES string of the molecule is CCCC1=Cc2c(-c3ccc(C)cc3)ccc(-c3ccc(C)cc3)c2[CH]1[Zr]([CH3])([CH3])(=[SiH2])[CH]1C(CCC)=Cc2c(-c3ccc(C)cc3)ccc(-c3ccc(C)cc3)c21.Cl.Cl. The molecule has 4 heteroatoms. The Labute approximate surface area is 363 Å². The Kier molecular flexibility index (Phi) is 13.1. The molecule has 0 N–H and O–H groups in total. The summed E-state index contributed by atoms with van der Waals surface area (Å²) >= 11 is -4.10. The Balaban J connectivity index is 0.00000283. The molecule has 298 valence electrons. The third-order valence-electron chi connectivity index (χ3n) is 13.0. The summed E-state index contributed by atoms with van der Waals surface area (Å²) in [5.41, 5.74) is 25.6. The molecule has 6 aromatic rings. The first kappa shape index (κ1) is 44.0. The normalized spacial score (nSPS) is 15.8. The maximum absolute atomic E-state index is 4.10. The molecule has 0 radical (unpaired) electrons. The summed E-state index contributed by atoms with van der Waals surface area (Å²) in [6.45, 7) is 16.1. The number of allylic oxidation sites excluding steroid dienone is 2. The predicted octanol–water partition coefficient (Wildman–Crippen LogP) is 15.9. The second-order valence-electron chi connectivity index (χ2n) is 18.2. The van der Waals surface area contributed by atoms with Gasteiger partial charge in [-0.05, 0) is 0 Å². The number of fused-ring (bicyclic) bond motifs is 2. The number of halogens is 2. The molecule has 0 heterocycles. The standard InChI is InChI=1S/2C26H25.2CH3.2ClH.H2Si.Zr/c2*1-4-5-20-16-25-23(21-10-6-18(2)7-11-21)14-15-24(26(25)17-20)22-12-8-19(3)9-13-22;;;;;;/h2*6-17H,4-5H2,1-3H3;2*1H3;2*1H;1H2;. The van der Waals surface area contributed by atoms with Gasteiger partial charge in [0.25, 0.3) is 0 Å². The Morgan fingerprint density at radius 3 is 0.948 bits per heavy atom. The van der Waals surface area contributed by atoms with Crippen LogP contribution in [0.5, 0.6) is 0 Å². The van der Waals surface area contributed by atoms with E-state index < -0.39 is 17.4 Å². The molecule has 0 saturated carbocycles. The molecule has 0 saturated heterocycles. The molecule has 0 amide bonds. The van der Waals surface area contributed by atoms with Crippen molar-refractivity contribution in [2.75, 3.05) is 0 Å². The van der Waals surface area contributed by atoms with Crippen LogP contribution in [0.4, 0.5) is 0 Å². The number of rotatable bonds is 10. The van der Waals surface area contributed by atoms with Crippen molar-refractivity contribution >= 4 is 43.8 Å². The zero-order valence-electron chi connectivity index (χ0n) is 35.7. The van der Waals surface area contributed by atoms with Gasteiger partial charge in [0.05, 0.1) is 0 Å². The van der Waals surface area contributed by atoms with E-state index in [9.17, 15) is 0 Å². The number of benzene rings is 6. The molecule has 0 bridgehead atoms. The van der Waals surface area contributed by atoms with E-state index in [2.05, 4.69) is 191 Å². The molecule has 2 aliphatic rings. The maximum Gasteiger partial charge on any atom is -0.147 e. The second kappa shape index (κ2) is 17.2. The van der Waals surface area contributed by atoms with Gasteiger partial charge in [-0.25, -0.2) is 0 Å². The van der Waals surface area contributed by atoms with E-state index >= 15 is 0 Å². The number of hydrogen-bond acceptors (Lipinski definition) is 0. The largest absolute Gasteiger partial charge is 0.147 e. The average Bonchev–Trinajstić information content (AvgIpc) is 3.77. The van der Waals surface area contributed by atoms with Crippen LogP contribution in [0.25, 0.3) is 56.7 Å². The van der Waals surface area contributed by atoms with E-state index in [1.165, 1.54) is 77.9 Å². The molecule has 2 aliphatic carbocycles. The van der Waals surface area contributed by atoms with Crippen LogP contribution in [0.1, 0.15) is 91.3 Å². The summed E-state index contributed by atoms with van der Waals surface area (Å²) in [4.78, 5) is 0. The van der Waals surface area contributed by atoms with E-state index in [1.54, 1.807) is 22.3 Å². The minimum absolute atomic E-state index is 0. The van der Waals surface area contributed by atoms with E-state index in [-0.39, 0.29) is 24.8 Å². The average molecular weight is 899 g/mol. The van der Waals surface area contributed by atoms with E-state index in [4.69, 9.17) is 0 Å². The van der Waals surface area contributed by atoms with Crippen molar-refractivity contribution in [1.29, 1.82) is 0 Å². The van der Waals surface area contributed by atoms with Crippen LogP contribution in [0, 0.1) is 27.7 Å². The van der Waals surface area contributed by atoms with Crippen LogP contribution in [0.15, 0.2) is 132 Å². The molecule has 0 aliphatic heterocycles. The summed E-state index contributed by atoms with van der Waals surface area (Å²) in [5.74, 6) is 0. The number of aryl methyl sites for hydroxylation is 4. The molecule has 8 rings (SSSR count). The molecular formula is C54H60Cl2SiZr. The van der Waals surface area contributed by atoms with Crippen LogP contribution in [0.3, 0.4) is 0 Å². The van der Waals surface area contributed by atoms with Gasteiger partial charge in [-0.3, -0.25) is 0 Å². The molecular weight excluding hydrogens is 839 g/mol. The molecule has 0 spiro atoms. The van der Waals surface area contributed by atoms with E-state index in [0.717, 1.165) is 25.7 Å². The van der Waals surface area contributed by atoms with Crippen LogP contribution in [-0.2, 0) is 17.4 Å². The summed E-state index contributed by atoms with van der Waals surface area (Å²) < 4.78 is 6.52. The summed E-state index contributed by atoms with van der Waals surface area (Å²) in [7, 11) is 0. The predicted molar refractivity (Wildman–Crippen MR) is 260 cm³/mol. The monoisotopic (exact) mass is 896 g/mol. The molecule has 0 fully saturated rings. The summed E-state index contributed by atoms with van der Waals surface area (Å²) in [6, 6.07) is 46.9. The Morgan fingerprint density at radius 1 is 0.414 bits per heavy atom. The Morgan fingerprint density at radius 2 is 0.672 bits per heavy atom. The number of hydrogen-bond donors (Lipinski definition) is 0. The molecule has 58 heavy (non-hydrogen) atoms. The fraction of sp³-hybridized carbons (Fsp3) is 0.259. The van der Waals surface area contributed by atoms with Crippen molar-refractivity contribution in [3.05, 3.63) is 177 Å². The van der Waals surface area contributed by atoms with Crippen LogP contribution < -0.4 is 0 Å². The molecule has 6 aromatic carbocycles. The summed E-state index contributed by atoms with van der Waals surface area (Å²) in [5, 5.41) is 0. The minimum Gasteiger partial charge on any atom is -0.147 e. The third-order valence-corrected chi connectivity index (χ3v) is 30.4. The van der Waals surface area contributed by atoms with Gasteiger partial charge in [0.2, 0.25) is 0 Å². The van der Waals surface area contributed by atoms with Gasteiger partial charge in [0.15, 0.2) is 0 Å². The van der Waals surface area contributed by atoms with Crippen molar-refractivity contribution in [3.63, 3.8) is 0 Å². The zero-order chi connectivity index (χ0) is 39.4. The van der Waals surface area contributed by atoms with Gasteiger partial charge in [-0.1, -0.05) is 0 Å². The van der Waals surface area contributed by atoms with Crippen molar-refractivity contribution < 1.29 is 17.4 Å². The van der Waals surface area contributed by atoms with Crippen molar-refractivity contribution in [2.45, 2.75) is 83.7 Å². The molecule has 2 unspecified atom stereocenters.